The fourth-order valence-corrected chi connectivity index (χ4v) is 4.07. The van der Waals surface area contributed by atoms with Crippen LogP contribution < -0.4 is 4.90 Å². The number of halogens is 2. The zero-order valence-corrected chi connectivity index (χ0v) is 18.6. The molecule has 1 saturated heterocycles. The van der Waals surface area contributed by atoms with Gasteiger partial charge in [0, 0.05) is 54.2 Å². The van der Waals surface area contributed by atoms with Crippen molar-refractivity contribution in [3.63, 3.8) is 0 Å². The summed E-state index contributed by atoms with van der Waals surface area (Å²) in [7, 11) is 0. The molecule has 4 aromatic rings. The molecule has 32 heavy (non-hydrogen) atoms. The van der Waals surface area contributed by atoms with Gasteiger partial charge in [0.15, 0.2) is 0 Å². The van der Waals surface area contributed by atoms with Gasteiger partial charge in [-0.1, -0.05) is 11.6 Å². The first kappa shape index (κ1) is 20.8. The van der Waals surface area contributed by atoms with Crippen LogP contribution in [0.4, 0.5) is 10.2 Å². The van der Waals surface area contributed by atoms with Gasteiger partial charge in [-0.3, -0.25) is 9.67 Å². The number of aryl methyl sites for hydroxylation is 2. The van der Waals surface area contributed by atoms with E-state index in [0.717, 1.165) is 17.8 Å². The number of morpholine rings is 1. The quantitative estimate of drug-likeness (QED) is 0.451. The normalized spacial score (nSPS) is 16.6. The van der Waals surface area contributed by atoms with Crippen molar-refractivity contribution >= 4 is 28.5 Å². The Morgan fingerprint density at radius 3 is 2.88 bits per heavy atom. The van der Waals surface area contributed by atoms with Gasteiger partial charge in [-0.05, 0) is 32.0 Å². The van der Waals surface area contributed by atoms with Gasteiger partial charge in [-0.15, -0.1) is 0 Å². The van der Waals surface area contributed by atoms with Crippen LogP contribution in [0.25, 0.3) is 22.3 Å². The predicted molar refractivity (Wildman–Crippen MR) is 121 cm³/mol. The summed E-state index contributed by atoms with van der Waals surface area (Å²) in [6.45, 7) is 6.55. The maximum atomic E-state index is 14.8. The highest BCUT2D eigenvalue weighted by Crippen LogP contribution is 2.33. The highest BCUT2D eigenvalue weighted by Gasteiger charge is 2.26. The first-order valence-corrected chi connectivity index (χ1v) is 10.9. The monoisotopic (exact) mass is 452 g/mol. The molecule has 0 radical (unpaired) electrons. The summed E-state index contributed by atoms with van der Waals surface area (Å²) in [6.07, 6.45) is 5.39. The predicted octanol–water partition coefficient (Wildman–Crippen LogP) is 4.59. The van der Waals surface area contributed by atoms with Gasteiger partial charge in [0.2, 0.25) is 0 Å². The van der Waals surface area contributed by atoms with E-state index >= 15 is 0 Å². The zero-order chi connectivity index (χ0) is 22.2. The van der Waals surface area contributed by atoms with Crippen LogP contribution in [0.1, 0.15) is 24.3 Å². The lowest BCUT2D eigenvalue weighted by Crippen LogP contribution is -2.38. The van der Waals surface area contributed by atoms with Crippen LogP contribution in [0.3, 0.4) is 0 Å². The lowest BCUT2D eigenvalue weighted by Gasteiger charge is -2.33. The lowest BCUT2D eigenvalue weighted by atomic mass is 10.1. The Balaban J connectivity index is 1.57. The van der Waals surface area contributed by atoms with Crippen LogP contribution in [0.5, 0.6) is 0 Å². The van der Waals surface area contributed by atoms with E-state index in [0.29, 0.717) is 52.8 Å². The molecule has 7 nitrogen and oxygen atoms in total. The van der Waals surface area contributed by atoms with Crippen molar-refractivity contribution < 1.29 is 9.13 Å². The van der Waals surface area contributed by atoms with Crippen LogP contribution in [0.2, 0.25) is 5.02 Å². The molecule has 0 aliphatic carbocycles. The van der Waals surface area contributed by atoms with E-state index in [4.69, 9.17) is 21.3 Å². The van der Waals surface area contributed by atoms with Crippen molar-refractivity contribution in [3.8, 4) is 11.3 Å². The minimum absolute atomic E-state index is 0.124. The molecular formula is C23H22ClFN6O. The summed E-state index contributed by atoms with van der Waals surface area (Å²) in [5.41, 5.74) is 3.81. The first-order chi connectivity index (χ1) is 15.5. The van der Waals surface area contributed by atoms with E-state index < -0.39 is 5.82 Å². The number of pyridine rings is 1. The largest absolute Gasteiger partial charge is 0.370 e. The van der Waals surface area contributed by atoms with Gasteiger partial charge >= 0.3 is 0 Å². The van der Waals surface area contributed by atoms with E-state index in [-0.39, 0.29) is 6.10 Å². The van der Waals surface area contributed by atoms with Crippen molar-refractivity contribution in [2.45, 2.75) is 26.5 Å². The van der Waals surface area contributed by atoms with Gasteiger partial charge in [0.25, 0.3) is 0 Å². The van der Waals surface area contributed by atoms with Gasteiger partial charge < -0.3 is 9.64 Å². The molecule has 1 aromatic carbocycles. The third-order valence-electron chi connectivity index (χ3n) is 5.56. The van der Waals surface area contributed by atoms with E-state index in [1.807, 2.05) is 37.0 Å². The molecule has 164 valence electrons. The Morgan fingerprint density at radius 2 is 2.09 bits per heavy atom. The molecule has 1 fully saturated rings. The standard InChI is InChI=1S/C23H22ClFN6O/c1-3-31-12-15(11-27-31)20-13-30(6-7-32-20)21-9-19-23(26-10-14(2)28-19)22(29-21)17-5-4-16(24)8-18(17)25/h4-5,8-12,20H,3,6-7,13H2,1-2H3/t20-/m0/s1. The number of aromatic nitrogens is 5. The molecule has 0 spiro atoms. The van der Waals surface area contributed by atoms with E-state index in [9.17, 15) is 4.39 Å². The fourth-order valence-electron chi connectivity index (χ4n) is 3.91. The SMILES string of the molecule is CCn1cc([C@@H]2CN(c3cc4nc(C)cnc4c(-c4ccc(Cl)cc4F)n3)CCO2)cn1. The van der Waals surface area contributed by atoms with Gasteiger partial charge in [-0.2, -0.15) is 5.10 Å². The van der Waals surface area contributed by atoms with Crippen molar-refractivity contribution in [1.82, 2.24) is 24.7 Å². The van der Waals surface area contributed by atoms with Gasteiger partial charge in [-0.25, -0.2) is 14.4 Å². The Hall–Kier alpha value is -3.10. The van der Waals surface area contributed by atoms with E-state index in [1.165, 1.54) is 6.07 Å². The molecular weight excluding hydrogens is 431 g/mol. The number of anilines is 1. The Morgan fingerprint density at radius 1 is 1.22 bits per heavy atom. The first-order valence-electron chi connectivity index (χ1n) is 10.5. The summed E-state index contributed by atoms with van der Waals surface area (Å²) in [6, 6.07) is 6.48. The number of hydrogen-bond acceptors (Lipinski definition) is 6. The lowest BCUT2D eigenvalue weighted by molar-refractivity contribution is 0.0395. The fraction of sp³-hybridized carbons (Fsp3) is 0.304. The zero-order valence-electron chi connectivity index (χ0n) is 17.8. The smallest absolute Gasteiger partial charge is 0.134 e. The van der Waals surface area contributed by atoms with Crippen LogP contribution in [-0.2, 0) is 11.3 Å². The molecule has 1 aliphatic rings. The third kappa shape index (κ3) is 3.91. The van der Waals surface area contributed by atoms with Crippen LogP contribution in [0.15, 0.2) is 42.9 Å². The highest BCUT2D eigenvalue weighted by molar-refractivity contribution is 6.30. The number of benzene rings is 1. The van der Waals surface area contributed by atoms with Crippen molar-refractivity contribution in [2.75, 3.05) is 24.6 Å². The summed E-state index contributed by atoms with van der Waals surface area (Å²) < 4.78 is 22.7. The van der Waals surface area contributed by atoms with Gasteiger partial charge in [0.05, 0.1) is 24.0 Å². The van der Waals surface area contributed by atoms with E-state index in [2.05, 4.69) is 20.0 Å². The molecule has 0 bridgehead atoms. The second-order valence-corrected chi connectivity index (χ2v) is 8.20. The second kappa shape index (κ2) is 8.44. The summed E-state index contributed by atoms with van der Waals surface area (Å²) >= 11 is 5.97. The summed E-state index contributed by atoms with van der Waals surface area (Å²) in [4.78, 5) is 16.1. The molecule has 1 aliphatic heterocycles. The Kier molecular flexibility index (Phi) is 5.48. The molecule has 0 unspecified atom stereocenters. The number of hydrogen-bond donors (Lipinski definition) is 0. The average Bonchev–Trinajstić information content (AvgIpc) is 3.28. The number of rotatable bonds is 4. The summed E-state index contributed by atoms with van der Waals surface area (Å²) in [5, 5.41) is 4.69. The topological polar surface area (TPSA) is 69.0 Å². The van der Waals surface area contributed by atoms with Crippen LogP contribution in [-0.4, -0.2) is 44.4 Å². The van der Waals surface area contributed by atoms with E-state index in [1.54, 1.807) is 18.3 Å². The van der Waals surface area contributed by atoms with Crippen LogP contribution >= 0.6 is 11.6 Å². The average molecular weight is 453 g/mol. The van der Waals surface area contributed by atoms with Crippen LogP contribution in [0, 0.1) is 12.7 Å². The maximum absolute atomic E-state index is 14.8. The Bertz CT molecular complexity index is 1290. The Labute approximate surface area is 189 Å². The highest BCUT2D eigenvalue weighted by atomic mass is 35.5. The maximum Gasteiger partial charge on any atom is 0.134 e. The number of ether oxygens (including phenoxy) is 1. The molecule has 0 N–H and O–H groups in total. The molecule has 5 rings (SSSR count). The molecule has 3 aromatic heterocycles. The minimum atomic E-state index is -0.447. The molecule has 4 heterocycles. The minimum Gasteiger partial charge on any atom is -0.370 e. The molecule has 1 atom stereocenters. The molecule has 9 heteroatoms. The number of nitrogens with zero attached hydrogens (tertiary/aromatic N) is 6. The number of fused-ring (bicyclic) bond motifs is 1. The molecule has 0 saturated carbocycles. The molecule has 0 amide bonds. The van der Waals surface area contributed by atoms with Crippen molar-refractivity contribution in [2.24, 2.45) is 0 Å². The summed E-state index contributed by atoms with van der Waals surface area (Å²) in [5.74, 6) is 0.260. The van der Waals surface area contributed by atoms with Crippen molar-refractivity contribution in [1.29, 1.82) is 0 Å². The second-order valence-electron chi connectivity index (χ2n) is 7.77. The third-order valence-corrected chi connectivity index (χ3v) is 5.80. The van der Waals surface area contributed by atoms with Crippen molar-refractivity contribution in [3.05, 3.63) is 65.0 Å². The van der Waals surface area contributed by atoms with Gasteiger partial charge in [0.1, 0.15) is 28.9 Å².